The first-order valence-electron chi connectivity index (χ1n) is 6.57. The van der Waals surface area contributed by atoms with Gasteiger partial charge in [0.1, 0.15) is 5.75 Å². The zero-order valence-electron chi connectivity index (χ0n) is 12.1. The number of ether oxygens (including phenoxy) is 1. The highest BCUT2D eigenvalue weighted by atomic mass is 32.2. The van der Waals surface area contributed by atoms with E-state index in [2.05, 4.69) is 0 Å². The van der Waals surface area contributed by atoms with Gasteiger partial charge in [-0.25, -0.2) is 13.6 Å². The third-order valence-electron chi connectivity index (χ3n) is 3.47. The maximum absolute atomic E-state index is 12.8. The quantitative estimate of drug-likeness (QED) is 0.886. The Morgan fingerprint density at radius 1 is 1.39 bits per heavy atom. The Bertz CT molecular complexity index is 718. The Morgan fingerprint density at radius 3 is 2.57 bits per heavy atom. The molecule has 1 aromatic carbocycles. The molecule has 1 aliphatic rings. The molecule has 1 atom stereocenters. The van der Waals surface area contributed by atoms with Gasteiger partial charge in [-0.15, -0.1) is 0 Å². The van der Waals surface area contributed by atoms with Crippen molar-refractivity contribution in [2.45, 2.75) is 12.6 Å². The number of benzene rings is 1. The van der Waals surface area contributed by atoms with E-state index in [0.717, 1.165) is 23.1 Å². The summed E-state index contributed by atoms with van der Waals surface area (Å²) in [6.45, 7) is -0.0348. The number of sulfonamides is 1. The van der Waals surface area contributed by atoms with Gasteiger partial charge in [-0.05, 0) is 18.2 Å². The summed E-state index contributed by atoms with van der Waals surface area (Å²) in [5, 5.41) is 4.95. The number of nitrogens with zero attached hydrogens (tertiary/aromatic N) is 1. The predicted octanol–water partition coefficient (Wildman–Crippen LogP) is 1.36. The molecule has 2 N–H and O–H groups in total. The summed E-state index contributed by atoms with van der Waals surface area (Å²) in [5.74, 6) is -1.35. The molecule has 1 amide bonds. The number of nitrogens with two attached hydrogens (primary N) is 1. The number of primary sulfonamides is 1. The molecule has 0 spiro atoms. The van der Waals surface area contributed by atoms with Gasteiger partial charge in [0.15, 0.2) is 0 Å². The topological polar surface area (TPSA) is 89.7 Å². The van der Waals surface area contributed by atoms with Gasteiger partial charge in [0.2, 0.25) is 15.9 Å². The van der Waals surface area contributed by atoms with Gasteiger partial charge in [-0.2, -0.15) is 13.2 Å². The van der Waals surface area contributed by atoms with Crippen molar-refractivity contribution in [1.29, 1.82) is 0 Å². The maximum atomic E-state index is 12.8. The van der Waals surface area contributed by atoms with Crippen LogP contribution in [0.4, 0.5) is 18.9 Å². The standard InChI is InChI=1S/C13H15F3N2O4S/c1-22-11-3-2-9(13(14,15)16)5-10(11)18-6-8(4-12(18)19)7-23(17,20)21/h2-3,5,8H,4,6-7H2,1H3,(H2,17,20,21). The average molecular weight is 352 g/mol. The molecule has 0 radical (unpaired) electrons. The van der Waals surface area contributed by atoms with Crippen molar-refractivity contribution in [3.05, 3.63) is 23.8 Å². The highest BCUT2D eigenvalue weighted by Gasteiger charge is 2.36. The Hall–Kier alpha value is -1.81. The van der Waals surface area contributed by atoms with Crippen LogP contribution >= 0.6 is 0 Å². The lowest BCUT2D eigenvalue weighted by atomic mass is 10.1. The van der Waals surface area contributed by atoms with Crippen molar-refractivity contribution in [2.24, 2.45) is 11.1 Å². The van der Waals surface area contributed by atoms with E-state index < -0.39 is 39.3 Å². The van der Waals surface area contributed by atoms with Crippen LogP contribution in [-0.2, 0) is 21.0 Å². The predicted molar refractivity (Wildman–Crippen MR) is 76.4 cm³/mol. The molecule has 6 nitrogen and oxygen atoms in total. The van der Waals surface area contributed by atoms with E-state index in [1.807, 2.05) is 0 Å². The monoisotopic (exact) mass is 352 g/mol. The number of carbonyl (C=O) groups is 1. The molecular weight excluding hydrogens is 337 g/mol. The molecule has 23 heavy (non-hydrogen) atoms. The number of carbonyl (C=O) groups excluding carboxylic acids is 1. The van der Waals surface area contributed by atoms with Gasteiger partial charge in [-0.3, -0.25) is 4.79 Å². The minimum Gasteiger partial charge on any atom is -0.495 e. The summed E-state index contributed by atoms with van der Waals surface area (Å²) >= 11 is 0. The van der Waals surface area contributed by atoms with Gasteiger partial charge in [0.25, 0.3) is 0 Å². The summed E-state index contributed by atoms with van der Waals surface area (Å²) in [7, 11) is -2.50. The second-order valence-corrected chi connectivity index (χ2v) is 6.95. The van der Waals surface area contributed by atoms with Gasteiger partial charge < -0.3 is 9.64 Å². The van der Waals surface area contributed by atoms with Crippen LogP contribution in [0.25, 0.3) is 0 Å². The highest BCUT2D eigenvalue weighted by Crippen LogP contribution is 2.38. The maximum Gasteiger partial charge on any atom is 0.416 e. The SMILES string of the molecule is COc1ccc(C(F)(F)F)cc1N1CC(CS(N)(=O)=O)CC1=O. The number of methoxy groups -OCH3 is 1. The molecule has 2 rings (SSSR count). The van der Waals surface area contributed by atoms with Gasteiger partial charge in [-0.1, -0.05) is 0 Å². The van der Waals surface area contributed by atoms with Crippen LogP contribution in [0.3, 0.4) is 0 Å². The number of hydrogen-bond donors (Lipinski definition) is 1. The van der Waals surface area contributed by atoms with Crippen LogP contribution in [-0.4, -0.2) is 33.7 Å². The molecule has 1 aromatic rings. The lowest BCUT2D eigenvalue weighted by Gasteiger charge is -2.21. The Morgan fingerprint density at radius 2 is 2.04 bits per heavy atom. The van der Waals surface area contributed by atoms with Gasteiger partial charge in [0.05, 0.1) is 24.1 Å². The van der Waals surface area contributed by atoms with Crippen LogP contribution in [0.5, 0.6) is 5.75 Å². The van der Waals surface area contributed by atoms with E-state index in [0.29, 0.717) is 0 Å². The smallest absolute Gasteiger partial charge is 0.416 e. The lowest BCUT2D eigenvalue weighted by molar-refractivity contribution is -0.137. The minimum atomic E-state index is -4.57. The summed E-state index contributed by atoms with van der Waals surface area (Å²) in [5.41, 5.74) is -0.958. The number of amides is 1. The van der Waals surface area contributed by atoms with Crippen LogP contribution in [0, 0.1) is 5.92 Å². The molecule has 1 unspecified atom stereocenters. The van der Waals surface area contributed by atoms with Crippen molar-refractivity contribution in [3.63, 3.8) is 0 Å². The van der Waals surface area contributed by atoms with Crippen molar-refractivity contribution in [2.75, 3.05) is 24.3 Å². The molecular formula is C13H15F3N2O4S. The summed E-state index contributed by atoms with van der Waals surface area (Å²) in [4.78, 5) is 13.2. The average Bonchev–Trinajstić information content (AvgIpc) is 2.75. The molecule has 0 saturated carbocycles. The third kappa shape index (κ3) is 4.14. The molecule has 1 heterocycles. The van der Waals surface area contributed by atoms with Gasteiger partial charge >= 0.3 is 6.18 Å². The van der Waals surface area contributed by atoms with E-state index in [1.165, 1.54) is 7.11 Å². The lowest BCUT2D eigenvalue weighted by Crippen LogP contribution is -2.28. The number of anilines is 1. The molecule has 0 aromatic heterocycles. The van der Waals surface area contributed by atoms with Crippen molar-refractivity contribution < 1.29 is 31.1 Å². The molecule has 0 bridgehead atoms. The number of halogens is 3. The first-order chi connectivity index (χ1) is 10.5. The van der Waals surface area contributed by atoms with Crippen LogP contribution in [0.1, 0.15) is 12.0 Å². The summed E-state index contributed by atoms with van der Waals surface area (Å²) < 4.78 is 65.8. The van der Waals surface area contributed by atoms with E-state index in [4.69, 9.17) is 9.88 Å². The highest BCUT2D eigenvalue weighted by molar-refractivity contribution is 7.89. The molecule has 1 saturated heterocycles. The fourth-order valence-electron chi connectivity index (χ4n) is 2.53. The van der Waals surface area contributed by atoms with Crippen molar-refractivity contribution in [3.8, 4) is 5.75 Å². The third-order valence-corrected chi connectivity index (χ3v) is 4.41. The Kier molecular flexibility index (Phi) is 4.58. The van der Waals surface area contributed by atoms with E-state index in [1.54, 1.807) is 0 Å². The Labute approximate surface area is 131 Å². The largest absolute Gasteiger partial charge is 0.495 e. The minimum absolute atomic E-state index is 0.0348. The zero-order valence-corrected chi connectivity index (χ0v) is 12.9. The first kappa shape index (κ1) is 17.5. The molecule has 10 heteroatoms. The fraction of sp³-hybridized carbons (Fsp3) is 0.462. The van der Waals surface area contributed by atoms with Crippen molar-refractivity contribution in [1.82, 2.24) is 0 Å². The summed E-state index contributed by atoms with van der Waals surface area (Å²) in [6.07, 6.45) is -4.67. The van der Waals surface area contributed by atoms with E-state index in [-0.39, 0.29) is 24.4 Å². The second kappa shape index (κ2) is 6.00. The zero-order chi connectivity index (χ0) is 17.4. The number of alkyl halides is 3. The first-order valence-corrected chi connectivity index (χ1v) is 8.29. The van der Waals surface area contributed by atoms with Crippen LogP contribution < -0.4 is 14.8 Å². The number of hydrogen-bond acceptors (Lipinski definition) is 4. The molecule has 0 aliphatic carbocycles. The number of rotatable bonds is 4. The molecule has 1 fully saturated rings. The summed E-state index contributed by atoms with van der Waals surface area (Å²) in [6, 6.07) is 2.79. The second-order valence-electron chi connectivity index (χ2n) is 5.29. The van der Waals surface area contributed by atoms with E-state index >= 15 is 0 Å². The fourth-order valence-corrected chi connectivity index (χ4v) is 3.41. The van der Waals surface area contributed by atoms with Crippen molar-refractivity contribution >= 4 is 21.6 Å². The molecule has 128 valence electrons. The molecule has 1 aliphatic heterocycles. The van der Waals surface area contributed by atoms with E-state index in [9.17, 15) is 26.4 Å². The Balaban J connectivity index is 2.35. The normalized spacial score (nSPS) is 19.3. The van der Waals surface area contributed by atoms with Crippen LogP contribution in [0.15, 0.2) is 18.2 Å². The van der Waals surface area contributed by atoms with Crippen LogP contribution in [0.2, 0.25) is 0 Å². The van der Waals surface area contributed by atoms with Gasteiger partial charge in [0, 0.05) is 18.9 Å².